The van der Waals surface area contributed by atoms with Crippen LogP contribution in [-0.4, -0.2) is 25.3 Å². The molecule has 0 aromatic rings. The molecule has 0 aromatic carbocycles. The SMILES string of the molecule is COC(=O)/C=C1/C[C@@H](CC(C)C)O[C@@H](C(C)C)C1. The summed E-state index contributed by atoms with van der Waals surface area (Å²) in [5.41, 5.74) is 1.16. The second-order valence-corrected chi connectivity index (χ2v) is 5.90. The van der Waals surface area contributed by atoms with Crippen LogP contribution in [0.2, 0.25) is 0 Å². The fourth-order valence-corrected chi connectivity index (χ4v) is 2.38. The highest BCUT2D eigenvalue weighted by molar-refractivity contribution is 5.82. The predicted octanol–water partition coefficient (Wildman–Crippen LogP) is 3.34. The first-order chi connectivity index (χ1) is 8.42. The first kappa shape index (κ1) is 15.2. The maximum Gasteiger partial charge on any atom is 0.330 e. The van der Waals surface area contributed by atoms with Gasteiger partial charge in [0.05, 0.1) is 19.3 Å². The van der Waals surface area contributed by atoms with Crippen LogP contribution < -0.4 is 0 Å². The minimum absolute atomic E-state index is 0.221. The maximum absolute atomic E-state index is 11.3. The van der Waals surface area contributed by atoms with E-state index in [0.717, 1.165) is 24.8 Å². The monoisotopic (exact) mass is 254 g/mol. The van der Waals surface area contributed by atoms with E-state index < -0.39 is 0 Å². The van der Waals surface area contributed by atoms with Crippen LogP contribution in [0.1, 0.15) is 47.0 Å². The van der Waals surface area contributed by atoms with Gasteiger partial charge < -0.3 is 9.47 Å². The molecule has 0 saturated carbocycles. The number of carbonyl (C=O) groups excluding carboxylic acids is 1. The molecule has 1 fully saturated rings. The molecular weight excluding hydrogens is 228 g/mol. The van der Waals surface area contributed by atoms with Gasteiger partial charge in [-0.1, -0.05) is 33.3 Å². The Kier molecular flexibility index (Phi) is 5.86. The van der Waals surface area contributed by atoms with Crippen molar-refractivity contribution in [2.24, 2.45) is 11.8 Å². The number of ether oxygens (including phenoxy) is 2. The van der Waals surface area contributed by atoms with Crippen LogP contribution in [0.4, 0.5) is 0 Å². The van der Waals surface area contributed by atoms with Gasteiger partial charge in [0.15, 0.2) is 0 Å². The van der Waals surface area contributed by atoms with Crippen molar-refractivity contribution in [1.82, 2.24) is 0 Å². The Bertz CT molecular complexity index is 305. The molecule has 0 N–H and O–H groups in total. The lowest BCUT2D eigenvalue weighted by Crippen LogP contribution is -2.33. The van der Waals surface area contributed by atoms with Gasteiger partial charge in [0, 0.05) is 6.08 Å². The molecule has 0 bridgehead atoms. The third kappa shape index (κ3) is 4.81. The summed E-state index contributed by atoms with van der Waals surface area (Å²) in [6, 6.07) is 0. The molecular formula is C15H26O3. The van der Waals surface area contributed by atoms with E-state index >= 15 is 0 Å². The summed E-state index contributed by atoms with van der Waals surface area (Å²) in [5, 5.41) is 0. The Morgan fingerprint density at radius 1 is 1.39 bits per heavy atom. The van der Waals surface area contributed by atoms with Crippen LogP contribution in [0.3, 0.4) is 0 Å². The fraction of sp³-hybridized carbons (Fsp3) is 0.800. The Balaban J connectivity index is 2.74. The topological polar surface area (TPSA) is 35.5 Å². The van der Waals surface area contributed by atoms with Crippen LogP contribution >= 0.6 is 0 Å². The Labute approximate surface area is 111 Å². The normalized spacial score (nSPS) is 26.9. The lowest BCUT2D eigenvalue weighted by Gasteiger charge is -2.35. The van der Waals surface area contributed by atoms with Crippen molar-refractivity contribution >= 4 is 5.97 Å². The number of methoxy groups -OCH3 is 1. The Hall–Kier alpha value is -0.830. The minimum Gasteiger partial charge on any atom is -0.466 e. The highest BCUT2D eigenvalue weighted by atomic mass is 16.5. The lowest BCUT2D eigenvalue weighted by atomic mass is 9.89. The second-order valence-electron chi connectivity index (χ2n) is 5.90. The molecule has 1 aliphatic heterocycles. The summed E-state index contributed by atoms with van der Waals surface area (Å²) in [7, 11) is 1.42. The zero-order valence-electron chi connectivity index (χ0n) is 12.2. The Morgan fingerprint density at radius 3 is 2.56 bits per heavy atom. The van der Waals surface area contributed by atoms with Crippen LogP contribution in [0.5, 0.6) is 0 Å². The van der Waals surface area contributed by atoms with Crippen molar-refractivity contribution in [1.29, 1.82) is 0 Å². The number of esters is 1. The van der Waals surface area contributed by atoms with Gasteiger partial charge in [0.2, 0.25) is 0 Å². The van der Waals surface area contributed by atoms with Crippen molar-refractivity contribution in [3.63, 3.8) is 0 Å². The number of rotatable bonds is 4. The summed E-state index contributed by atoms with van der Waals surface area (Å²) in [6.07, 6.45) is 4.85. The molecule has 0 aromatic heterocycles. The van der Waals surface area contributed by atoms with Gasteiger partial charge in [-0.05, 0) is 31.1 Å². The molecule has 0 spiro atoms. The van der Waals surface area contributed by atoms with E-state index in [2.05, 4.69) is 27.7 Å². The van der Waals surface area contributed by atoms with Gasteiger partial charge in [-0.2, -0.15) is 0 Å². The highest BCUT2D eigenvalue weighted by Crippen LogP contribution is 2.31. The largest absolute Gasteiger partial charge is 0.466 e. The zero-order valence-corrected chi connectivity index (χ0v) is 12.2. The lowest BCUT2D eigenvalue weighted by molar-refractivity contribution is -0.135. The molecule has 0 unspecified atom stereocenters. The van der Waals surface area contributed by atoms with E-state index in [1.165, 1.54) is 7.11 Å². The average Bonchev–Trinajstić information content (AvgIpc) is 2.27. The quantitative estimate of drug-likeness (QED) is 0.570. The van der Waals surface area contributed by atoms with Gasteiger partial charge in [0.25, 0.3) is 0 Å². The van der Waals surface area contributed by atoms with E-state index in [1.807, 2.05) is 0 Å². The molecule has 104 valence electrons. The van der Waals surface area contributed by atoms with Crippen molar-refractivity contribution in [2.45, 2.75) is 59.2 Å². The third-order valence-electron chi connectivity index (χ3n) is 3.32. The van der Waals surface area contributed by atoms with Crippen molar-refractivity contribution < 1.29 is 14.3 Å². The molecule has 3 heteroatoms. The predicted molar refractivity (Wildman–Crippen MR) is 72.3 cm³/mol. The molecule has 0 radical (unpaired) electrons. The highest BCUT2D eigenvalue weighted by Gasteiger charge is 2.28. The summed E-state index contributed by atoms with van der Waals surface area (Å²) >= 11 is 0. The molecule has 0 aliphatic carbocycles. The van der Waals surface area contributed by atoms with E-state index in [0.29, 0.717) is 11.8 Å². The van der Waals surface area contributed by atoms with Crippen molar-refractivity contribution in [3.8, 4) is 0 Å². The molecule has 1 rings (SSSR count). The summed E-state index contributed by atoms with van der Waals surface area (Å²) < 4.78 is 10.8. The van der Waals surface area contributed by atoms with Gasteiger partial charge >= 0.3 is 5.97 Å². The summed E-state index contributed by atoms with van der Waals surface area (Å²) in [6.45, 7) is 8.73. The zero-order chi connectivity index (χ0) is 13.7. The smallest absolute Gasteiger partial charge is 0.330 e. The average molecular weight is 254 g/mol. The molecule has 18 heavy (non-hydrogen) atoms. The van der Waals surface area contributed by atoms with E-state index in [9.17, 15) is 4.79 Å². The first-order valence-corrected chi connectivity index (χ1v) is 6.85. The van der Waals surface area contributed by atoms with Crippen LogP contribution in [0, 0.1) is 11.8 Å². The van der Waals surface area contributed by atoms with Crippen LogP contribution in [0.15, 0.2) is 11.6 Å². The summed E-state index contributed by atoms with van der Waals surface area (Å²) in [5.74, 6) is 0.832. The molecule has 1 aliphatic rings. The van der Waals surface area contributed by atoms with E-state index in [4.69, 9.17) is 9.47 Å². The van der Waals surface area contributed by atoms with Crippen LogP contribution in [-0.2, 0) is 14.3 Å². The second kappa shape index (κ2) is 6.93. The Morgan fingerprint density at radius 2 is 2.06 bits per heavy atom. The van der Waals surface area contributed by atoms with Crippen molar-refractivity contribution in [3.05, 3.63) is 11.6 Å². The van der Waals surface area contributed by atoms with Crippen LogP contribution in [0.25, 0.3) is 0 Å². The molecule has 0 amide bonds. The van der Waals surface area contributed by atoms with Gasteiger partial charge in [-0.3, -0.25) is 0 Å². The maximum atomic E-state index is 11.3. The van der Waals surface area contributed by atoms with E-state index in [1.54, 1.807) is 6.08 Å². The van der Waals surface area contributed by atoms with Gasteiger partial charge in [-0.25, -0.2) is 4.79 Å². The fourth-order valence-electron chi connectivity index (χ4n) is 2.38. The summed E-state index contributed by atoms with van der Waals surface area (Å²) in [4.78, 5) is 11.3. The number of hydrogen-bond acceptors (Lipinski definition) is 3. The number of hydrogen-bond donors (Lipinski definition) is 0. The molecule has 1 saturated heterocycles. The van der Waals surface area contributed by atoms with E-state index in [-0.39, 0.29) is 18.2 Å². The molecule has 2 atom stereocenters. The first-order valence-electron chi connectivity index (χ1n) is 6.85. The van der Waals surface area contributed by atoms with Gasteiger partial charge in [0.1, 0.15) is 0 Å². The minimum atomic E-state index is -0.252. The molecule has 1 heterocycles. The number of carbonyl (C=O) groups is 1. The third-order valence-corrected chi connectivity index (χ3v) is 3.32. The molecule has 3 nitrogen and oxygen atoms in total. The standard InChI is InChI=1S/C15H26O3/c1-10(2)6-13-7-12(9-15(16)17-5)8-14(18-13)11(3)4/h9-11,13-14H,6-8H2,1-5H3/b12-9-/t13-,14-/m1/s1. The van der Waals surface area contributed by atoms with Crippen molar-refractivity contribution in [2.75, 3.05) is 7.11 Å². The van der Waals surface area contributed by atoms with Gasteiger partial charge in [-0.15, -0.1) is 0 Å².